The van der Waals surface area contributed by atoms with Gasteiger partial charge in [0.15, 0.2) is 0 Å². The predicted molar refractivity (Wildman–Crippen MR) is 142 cm³/mol. The normalized spacial score (nSPS) is 11.8. The summed E-state index contributed by atoms with van der Waals surface area (Å²) in [6.07, 6.45) is 0.249. The van der Waals surface area contributed by atoms with E-state index in [1.54, 1.807) is 51.1 Å². The molecule has 3 amide bonds. The Balaban J connectivity index is 1.87. The van der Waals surface area contributed by atoms with Gasteiger partial charge < -0.3 is 15.4 Å². The second-order valence-electron chi connectivity index (χ2n) is 9.56. The van der Waals surface area contributed by atoms with Gasteiger partial charge in [0.05, 0.1) is 0 Å². The zero-order chi connectivity index (χ0) is 26.1. The molecular formula is C29H33N3O4. The number of rotatable bonds is 8. The van der Waals surface area contributed by atoms with Gasteiger partial charge >= 0.3 is 12.0 Å². The van der Waals surface area contributed by atoms with Crippen LogP contribution in [0.25, 0.3) is 0 Å². The molecule has 0 saturated heterocycles. The van der Waals surface area contributed by atoms with Gasteiger partial charge in [0, 0.05) is 17.8 Å². The Bertz CT molecular complexity index is 1170. The van der Waals surface area contributed by atoms with Crippen molar-refractivity contribution in [3.63, 3.8) is 0 Å². The van der Waals surface area contributed by atoms with Crippen LogP contribution in [0.2, 0.25) is 0 Å². The molecule has 0 aliphatic heterocycles. The van der Waals surface area contributed by atoms with Gasteiger partial charge in [-0.25, -0.2) is 4.79 Å². The lowest BCUT2D eigenvalue weighted by atomic mass is 10.0. The lowest BCUT2D eigenvalue weighted by molar-refractivity contribution is -0.153. The third-order valence-electron chi connectivity index (χ3n) is 5.20. The lowest BCUT2D eigenvalue weighted by Crippen LogP contribution is -2.52. The molecule has 0 radical (unpaired) electrons. The fraction of sp³-hybridized carbons (Fsp3) is 0.276. The first-order valence-corrected chi connectivity index (χ1v) is 11.9. The van der Waals surface area contributed by atoms with Crippen LogP contribution < -0.4 is 15.5 Å². The zero-order valence-corrected chi connectivity index (χ0v) is 21.2. The molecule has 7 heteroatoms. The molecule has 0 aliphatic rings. The van der Waals surface area contributed by atoms with E-state index in [1.165, 1.54) is 4.90 Å². The van der Waals surface area contributed by atoms with E-state index in [4.69, 9.17) is 4.74 Å². The molecule has 0 bridgehead atoms. The molecule has 0 spiro atoms. The highest BCUT2D eigenvalue weighted by Gasteiger charge is 2.30. The second-order valence-corrected chi connectivity index (χ2v) is 9.56. The number of para-hydroxylation sites is 1. The molecule has 0 aliphatic carbocycles. The summed E-state index contributed by atoms with van der Waals surface area (Å²) in [5, 5.41) is 5.60. The van der Waals surface area contributed by atoms with Crippen molar-refractivity contribution in [3.8, 4) is 0 Å². The second kappa shape index (κ2) is 12.0. The van der Waals surface area contributed by atoms with E-state index in [2.05, 4.69) is 10.6 Å². The number of hydrogen-bond donors (Lipinski definition) is 2. The van der Waals surface area contributed by atoms with Crippen molar-refractivity contribution in [1.29, 1.82) is 0 Å². The number of amides is 3. The number of carbonyl (C=O) groups is 3. The average molecular weight is 488 g/mol. The summed E-state index contributed by atoms with van der Waals surface area (Å²) >= 11 is 0. The summed E-state index contributed by atoms with van der Waals surface area (Å²) in [6, 6.07) is 24.2. The van der Waals surface area contributed by atoms with Crippen molar-refractivity contribution < 1.29 is 19.1 Å². The Labute approximate surface area is 212 Å². The first-order valence-electron chi connectivity index (χ1n) is 11.9. The van der Waals surface area contributed by atoms with E-state index in [-0.39, 0.29) is 13.0 Å². The average Bonchev–Trinajstić information content (AvgIpc) is 2.82. The van der Waals surface area contributed by atoms with Gasteiger partial charge in [-0.05, 0) is 63.1 Å². The number of nitrogens with zero attached hydrogens (tertiary/aromatic N) is 1. The number of carbonyl (C=O) groups excluding carboxylic acids is 3. The first-order chi connectivity index (χ1) is 17.1. The summed E-state index contributed by atoms with van der Waals surface area (Å²) in [5.41, 5.74) is 2.33. The van der Waals surface area contributed by atoms with Gasteiger partial charge in [-0.2, -0.15) is 0 Å². The molecule has 0 fully saturated rings. The van der Waals surface area contributed by atoms with E-state index in [0.717, 1.165) is 11.1 Å². The minimum atomic E-state index is -0.931. The summed E-state index contributed by atoms with van der Waals surface area (Å²) in [4.78, 5) is 40.8. The maximum atomic E-state index is 13.9. The molecule has 1 unspecified atom stereocenters. The van der Waals surface area contributed by atoms with Crippen LogP contribution in [0.1, 0.15) is 31.9 Å². The van der Waals surface area contributed by atoms with Gasteiger partial charge in [0.2, 0.25) is 0 Å². The Morgan fingerprint density at radius 1 is 0.889 bits per heavy atom. The number of urea groups is 1. The van der Waals surface area contributed by atoms with Crippen LogP contribution >= 0.6 is 0 Å². The number of hydrogen-bond acceptors (Lipinski definition) is 4. The Morgan fingerprint density at radius 3 is 2.14 bits per heavy atom. The largest absolute Gasteiger partial charge is 0.459 e. The number of ether oxygens (including phenoxy) is 1. The van der Waals surface area contributed by atoms with Crippen molar-refractivity contribution in [3.05, 3.63) is 96.1 Å². The molecule has 0 aromatic heterocycles. The standard InChI is InChI=1S/C29H33N3O4/c1-21-12-11-15-23(18-21)30-28(35)31-25(19-22-13-7-5-8-14-22)27(34)32(24-16-9-6-10-17-24)20-26(33)36-29(2,3)4/h5-18,25H,19-20H2,1-4H3,(H2,30,31,35). The zero-order valence-electron chi connectivity index (χ0n) is 21.2. The minimum absolute atomic E-state index is 0.249. The molecule has 36 heavy (non-hydrogen) atoms. The molecule has 0 heterocycles. The number of nitrogens with one attached hydrogen (secondary N) is 2. The summed E-state index contributed by atoms with van der Waals surface area (Å²) in [5.74, 6) is -0.960. The molecule has 2 N–H and O–H groups in total. The first kappa shape index (κ1) is 26.5. The topological polar surface area (TPSA) is 87.7 Å². The van der Waals surface area contributed by atoms with Crippen LogP contribution in [0.4, 0.5) is 16.2 Å². The van der Waals surface area contributed by atoms with Crippen molar-refractivity contribution in [1.82, 2.24) is 5.32 Å². The number of anilines is 2. The van der Waals surface area contributed by atoms with Crippen molar-refractivity contribution >= 4 is 29.3 Å². The van der Waals surface area contributed by atoms with E-state index >= 15 is 0 Å². The quantitative estimate of drug-likeness (QED) is 0.433. The van der Waals surface area contributed by atoms with Crippen LogP contribution in [0.5, 0.6) is 0 Å². The van der Waals surface area contributed by atoms with Gasteiger partial charge in [-0.1, -0.05) is 60.7 Å². The van der Waals surface area contributed by atoms with Crippen molar-refractivity contribution in [2.45, 2.75) is 45.8 Å². The number of aryl methyl sites for hydroxylation is 1. The molecule has 3 aromatic rings. The highest BCUT2D eigenvalue weighted by Crippen LogP contribution is 2.18. The fourth-order valence-electron chi connectivity index (χ4n) is 3.69. The minimum Gasteiger partial charge on any atom is -0.459 e. The SMILES string of the molecule is Cc1cccc(NC(=O)NC(Cc2ccccc2)C(=O)N(CC(=O)OC(C)(C)C)c2ccccc2)c1. The van der Waals surface area contributed by atoms with E-state index in [0.29, 0.717) is 11.4 Å². The third kappa shape index (κ3) is 8.27. The molecule has 1 atom stereocenters. The maximum Gasteiger partial charge on any atom is 0.326 e. The molecular weight excluding hydrogens is 454 g/mol. The van der Waals surface area contributed by atoms with E-state index in [9.17, 15) is 14.4 Å². The molecule has 188 valence electrons. The number of benzene rings is 3. The maximum absolute atomic E-state index is 13.9. The Hall–Kier alpha value is -4.13. The monoisotopic (exact) mass is 487 g/mol. The lowest BCUT2D eigenvalue weighted by Gasteiger charge is -2.29. The van der Waals surface area contributed by atoms with Crippen LogP contribution in [0.3, 0.4) is 0 Å². The van der Waals surface area contributed by atoms with Crippen LogP contribution in [-0.4, -0.2) is 36.1 Å². The highest BCUT2D eigenvalue weighted by atomic mass is 16.6. The van der Waals surface area contributed by atoms with Crippen LogP contribution in [-0.2, 0) is 20.7 Å². The molecule has 3 aromatic carbocycles. The molecule has 7 nitrogen and oxygen atoms in total. The summed E-state index contributed by atoms with van der Waals surface area (Å²) < 4.78 is 5.48. The Kier molecular flexibility index (Phi) is 8.84. The van der Waals surface area contributed by atoms with Crippen molar-refractivity contribution in [2.24, 2.45) is 0 Å². The predicted octanol–water partition coefficient (Wildman–Crippen LogP) is 5.10. The summed E-state index contributed by atoms with van der Waals surface area (Å²) in [7, 11) is 0. The fourth-order valence-corrected chi connectivity index (χ4v) is 3.69. The van der Waals surface area contributed by atoms with Gasteiger partial charge in [0.1, 0.15) is 18.2 Å². The third-order valence-corrected chi connectivity index (χ3v) is 5.20. The van der Waals surface area contributed by atoms with Crippen LogP contribution in [0.15, 0.2) is 84.9 Å². The van der Waals surface area contributed by atoms with E-state index < -0.39 is 29.6 Å². The van der Waals surface area contributed by atoms with Gasteiger partial charge in [-0.15, -0.1) is 0 Å². The number of esters is 1. The Morgan fingerprint density at radius 2 is 1.53 bits per heavy atom. The molecule has 0 saturated carbocycles. The summed E-state index contributed by atoms with van der Waals surface area (Å²) in [6.45, 7) is 6.96. The highest BCUT2D eigenvalue weighted by molar-refractivity contribution is 6.03. The van der Waals surface area contributed by atoms with Crippen molar-refractivity contribution in [2.75, 3.05) is 16.8 Å². The van der Waals surface area contributed by atoms with E-state index in [1.807, 2.05) is 61.5 Å². The smallest absolute Gasteiger partial charge is 0.326 e. The van der Waals surface area contributed by atoms with Crippen LogP contribution in [0, 0.1) is 6.92 Å². The van der Waals surface area contributed by atoms with Gasteiger partial charge in [-0.3, -0.25) is 14.5 Å². The molecule has 3 rings (SSSR count). The van der Waals surface area contributed by atoms with Gasteiger partial charge in [0.25, 0.3) is 5.91 Å².